The van der Waals surface area contributed by atoms with Gasteiger partial charge in [-0.1, -0.05) is 6.07 Å². The largest absolute Gasteiger partial charge is 0.478 e. The summed E-state index contributed by atoms with van der Waals surface area (Å²) in [6.45, 7) is 5.93. The van der Waals surface area contributed by atoms with E-state index in [1.54, 1.807) is 0 Å². The lowest BCUT2D eigenvalue weighted by Gasteiger charge is -2.12. The van der Waals surface area contributed by atoms with Crippen LogP contribution in [0.2, 0.25) is 0 Å². The van der Waals surface area contributed by atoms with Crippen LogP contribution in [0.15, 0.2) is 24.4 Å². The summed E-state index contributed by atoms with van der Waals surface area (Å²) in [5, 5.41) is 8.87. The lowest BCUT2D eigenvalue weighted by molar-refractivity contribution is 0.0696. The van der Waals surface area contributed by atoms with E-state index < -0.39 is 5.97 Å². The van der Waals surface area contributed by atoms with Gasteiger partial charge in [-0.25, -0.2) is 9.78 Å². The Kier molecular flexibility index (Phi) is 3.61. The average molecular weight is 272 g/mol. The number of aryl methyl sites for hydroxylation is 2. The molecule has 5 nitrogen and oxygen atoms in total. The maximum absolute atomic E-state index is 10.8. The Hall–Kier alpha value is -2.56. The van der Waals surface area contributed by atoms with Gasteiger partial charge in [0.15, 0.2) is 0 Å². The fraction of sp³-hybridized carbons (Fsp3) is 0.200. The number of carboxylic acid groups (broad SMARTS) is 1. The molecular formula is C15H16N2O3. The maximum Gasteiger partial charge on any atom is 0.337 e. The van der Waals surface area contributed by atoms with Crippen LogP contribution in [0.5, 0.6) is 11.6 Å². The van der Waals surface area contributed by atoms with Crippen molar-refractivity contribution >= 4 is 11.7 Å². The first-order chi connectivity index (χ1) is 9.38. The van der Waals surface area contributed by atoms with Crippen molar-refractivity contribution in [3.05, 3.63) is 46.6 Å². The van der Waals surface area contributed by atoms with E-state index in [2.05, 4.69) is 11.1 Å². The van der Waals surface area contributed by atoms with Gasteiger partial charge in [-0.15, -0.1) is 0 Å². The van der Waals surface area contributed by atoms with Gasteiger partial charge in [0.2, 0.25) is 5.88 Å². The number of hydrogen-bond acceptors (Lipinski definition) is 4. The molecule has 3 N–H and O–H groups in total. The van der Waals surface area contributed by atoms with Gasteiger partial charge in [0.1, 0.15) is 5.75 Å². The number of aromatic nitrogens is 1. The Balaban J connectivity index is 2.38. The van der Waals surface area contributed by atoms with Gasteiger partial charge in [-0.3, -0.25) is 0 Å². The van der Waals surface area contributed by atoms with E-state index in [1.807, 2.05) is 26.8 Å². The molecule has 0 fully saturated rings. The fourth-order valence-corrected chi connectivity index (χ4v) is 1.88. The van der Waals surface area contributed by atoms with Gasteiger partial charge in [-0.05, 0) is 49.6 Å². The normalized spacial score (nSPS) is 10.3. The summed E-state index contributed by atoms with van der Waals surface area (Å²) in [5.41, 5.74) is 9.20. The van der Waals surface area contributed by atoms with Crippen LogP contribution < -0.4 is 10.5 Å². The molecule has 1 aromatic carbocycles. The first-order valence-electron chi connectivity index (χ1n) is 6.13. The van der Waals surface area contributed by atoms with E-state index >= 15 is 0 Å². The number of anilines is 1. The van der Waals surface area contributed by atoms with E-state index in [4.69, 9.17) is 15.6 Å². The summed E-state index contributed by atoms with van der Waals surface area (Å²) in [4.78, 5) is 14.8. The van der Waals surface area contributed by atoms with E-state index in [0.29, 0.717) is 5.75 Å². The van der Waals surface area contributed by atoms with Crippen LogP contribution in [-0.2, 0) is 0 Å². The quantitative estimate of drug-likeness (QED) is 0.896. The number of nitrogens with two attached hydrogens (primary N) is 1. The molecule has 0 atom stereocenters. The third-order valence-corrected chi connectivity index (χ3v) is 3.10. The van der Waals surface area contributed by atoms with E-state index in [-0.39, 0.29) is 17.1 Å². The van der Waals surface area contributed by atoms with Crippen LogP contribution >= 0.6 is 0 Å². The predicted molar refractivity (Wildman–Crippen MR) is 76.3 cm³/mol. The Labute approximate surface area is 117 Å². The van der Waals surface area contributed by atoms with Crippen LogP contribution in [0, 0.1) is 20.8 Å². The van der Waals surface area contributed by atoms with E-state index in [1.165, 1.54) is 12.3 Å². The first kappa shape index (κ1) is 13.9. The minimum Gasteiger partial charge on any atom is -0.478 e. The SMILES string of the molecule is Cc1cc(C)c(C)c(Oc2ncc(C(=O)O)cc2N)c1. The average Bonchev–Trinajstić information content (AvgIpc) is 2.37. The number of pyridine rings is 1. The molecule has 0 bridgehead atoms. The highest BCUT2D eigenvalue weighted by atomic mass is 16.5. The lowest BCUT2D eigenvalue weighted by Crippen LogP contribution is -2.02. The van der Waals surface area contributed by atoms with Crippen molar-refractivity contribution in [1.29, 1.82) is 0 Å². The molecule has 0 saturated heterocycles. The number of hydrogen-bond donors (Lipinski definition) is 2. The highest BCUT2D eigenvalue weighted by Gasteiger charge is 2.11. The monoisotopic (exact) mass is 272 g/mol. The van der Waals surface area contributed by atoms with Gasteiger partial charge in [-0.2, -0.15) is 0 Å². The fourth-order valence-electron chi connectivity index (χ4n) is 1.88. The van der Waals surface area contributed by atoms with Crippen LogP contribution in [-0.4, -0.2) is 16.1 Å². The number of nitrogens with zero attached hydrogens (tertiary/aromatic N) is 1. The molecule has 0 unspecified atom stereocenters. The molecule has 5 heteroatoms. The highest BCUT2D eigenvalue weighted by molar-refractivity contribution is 5.88. The topological polar surface area (TPSA) is 85.4 Å². The molecular weight excluding hydrogens is 256 g/mol. The predicted octanol–water partition coefficient (Wildman–Crippen LogP) is 3.08. The number of ether oxygens (including phenoxy) is 1. The van der Waals surface area contributed by atoms with Crippen molar-refractivity contribution < 1.29 is 14.6 Å². The first-order valence-corrected chi connectivity index (χ1v) is 6.13. The Morgan fingerprint density at radius 2 is 1.95 bits per heavy atom. The Morgan fingerprint density at radius 1 is 1.25 bits per heavy atom. The van der Waals surface area contributed by atoms with Crippen molar-refractivity contribution in [1.82, 2.24) is 4.98 Å². The van der Waals surface area contributed by atoms with Gasteiger partial charge >= 0.3 is 5.97 Å². The summed E-state index contributed by atoms with van der Waals surface area (Å²) in [6, 6.07) is 5.30. The Bertz CT molecular complexity index is 681. The van der Waals surface area contributed by atoms with E-state index in [0.717, 1.165) is 16.7 Å². The molecule has 0 amide bonds. The van der Waals surface area contributed by atoms with Crippen LogP contribution in [0.3, 0.4) is 0 Å². The molecule has 0 aliphatic rings. The van der Waals surface area contributed by atoms with Gasteiger partial charge < -0.3 is 15.6 Å². The molecule has 0 saturated carbocycles. The second kappa shape index (κ2) is 5.21. The Morgan fingerprint density at radius 3 is 2.55 bits per heavy atom. The number of carboxylic acids is 1. The van der Waals surface area contributed by atoms with Crippen molar-refractivity contribution in [2.45, 2.75) is 20.8 Å². The zero-order valence-electron chi connectivity index (χ0n) is 11.6. The van der Waals surface area contributed by atoms with Gasteiger partial charge in [0.25, 0.3) is 0 Å². The number of benzene rings is 1. The molecule has 0 aliphatic heterocycles. The zero-order chi connectivity index (χ0) is 14.9. The molecule has 0 aliphatic carbocycles. The summed E-state index contributed by atoms with van der Waals surface area (Å²) in [6.07, 6.45) is 1.23. The van der Waals surface area contributed by atoms with Crippen LogP contribution in [0.1, 0.15) is 27.0 Å². The number of rotatable bonds is 3. The second-order valence-electron chi connectivity index (χ2n) is 4.73. The number of carbonyl (C=O) groups is 1. The van der Waals surface area contributed by atoms with Crippen molar-refractivity contribution in [2.75, 3.05) is 5.73 Å². The maximum atomic E-state index is 10.8. The standard InChI is InChI=1S/C15H16N2O3/c1-8-4-9(2)10(3)13(5-8)20-14-12(16)6-11(7-17-14)15(18)19/h4-7H,16H2,1-3H3,(H,18,19). The second-order valence-corrected chi connectivity index (χ2v) is 4.73. The molecule has 104 valence electrons. The van der Waals surface area contributed by atoms with Crippen molar-refractivity contribution in [2.24, 2.45) is 0 Å². The molecule has 1 aromatic heterocycles. The van der Waals surface area contributed by atoms with Crippen molar-refractivity contribution in [3.63, 3.8) is 0 Å². The molecule has 0 radical (unpaired) electrons. The summed E-state index contributed by atoms with van der Waals surface area (Å²) in [5.74, 6) is -0.189. The zero-order valence-corrected chi connectivity index (χ0v) is 11.6. The molecule has 20 heavy (non-hydrogen) atoms. The van der Waals surface area contributed by atoms with E-state index in [9.17, 15) is 4.79 Å². The number of nitrogen functional groups attached to an aromatic ring is 1. The molecule has 2 rings (SSSR count). The van der Waals surface area contributed by atoms with Crippen LogP contribution in [0.25, 0.3) is 0 Å². The third kappa shape index (κ3) is 2.71. The lowest BCUT2D eigenvalue weighted by atomic mass is 10.1. The smallest absolute Gasteiger partial charge is 0.337 e. The van der Waals surface area contributed by atoms with Gasteiger partial charge in [0, 0.05) is 6.20 Å². The van der Waals surface area contributed by atoms with Crippen LogP contribution in [0.4, 0.5) is 5.69 Å². The highest BCUT2D eigenvalue weighted by Crippen LogP contribution is 2.30. The molecule has 1 heterocycles. The third-order valence-electron chi connectivity index (χ3n) is 3.10. The number of aromatic carboxylic acids is 1. The van der Waals surface area contributed by atoms with Crippen molar-refractivity contribution in [3.8, 4) is 11.6 Å². The minimum atomic E-state index is -1.07. The minimum absolute atomic E-state index is 0.0343. The summed E-state index contributed by atoms with van der Waals surface area (Å²) in [7, 11) is 0. The molecule has 0 spiro atoms. The summed E-state index contributed by atoms with van der Waals surface area (Å²) < 4.78 is 5.71. The molecule has 2 aromatic rings. The van der Waals surface area contributed by atoms with Gasteiger partial charge in [0.05, 0.1) is 11.3 Å². The summed E-state index contributed by atoms with van der Waals surface area (Å²) >= 11 is 0.